The number of rotatable bonds is 4. The summed E-state index contributed by atoms with van der Waals surface area (Å²) < 4.78 is 0. The molecule has 1 amide bonds. The highest BCUT2D eigenvalue weighted by Gasteiger charge is 2.50. The number of benzene rings is 1. The number of thioether (sulfide) groups is 1. The predicted molar refractivity (Wildman–Crippen MR) is 83.8 cm³/mol. The van der Waals surface area contributed by atoms with E-state index in [2.05, 4.69) is 33.0 Å². The molecule has 3 nitrogen and oxygen atoms in total. The van der Waals surface area contributed by atoms with Crippen molar-refractivity contribution in [2.45, 2.75) is 38.4 Å². The maximum absolute atomic E-state index is 12.3. The molecule has 1 fully saturated rings. The van der Waals surface area contributed by atoms with E-state index < -0.39 is 0 Å². The third-order valence-corrected chi connectivity index (χ3v) is 5.69. The van der Waals surface area contributed by atoms with Gasteiger partial charge in [-0.05, 0) is 29.5 Å². The molecule has 0 spiro atoms. The summed E-state index contributed by atoms with van der Waals surface area (Å²) in [6.07, 6.45) is 0. The Morgan fingerprint density at radius 1 is 1.20 bits per heavy atom. The van der Waals surface area contributed by atoms with Gasteiger partial charge in [-0.2, -0.15) is 0 Å². The molecule has 2 N–H and O–H groups in total. The lowest BCUT2D eigenvalue weighted by molar-refractivity contribution is -0.121. The van der Waals surface area contributed by atoms with Crippen LogP contribution in [-0.2, 0) is 10.2 Å². The SMILES string of the molecule is CC(C)C(c1ccc(O)cc1)(C(C)C)C1SCNC1=O. The number of hydrogen-bond donors (Lipinski definition) is 2. The van der Waals surface area contributed by atoms with Crippen molar-refractivity contribution in [1.82, 2.24) is 5.32 Å². The molecule has 1 saturated heterocycles. The molecule has 1 aromatic rings. The zero-order valence-electron chi connectivity index (χ0n) is 12.5. The average Bonchev–Trinajstić information content (AvgIpc) is 2.78. The molecule has 1 heterocycles. The highest BCUT2D eigenvalue weighted by atomic mass is 32.2. The Morgan fingerprint density at radius 2 is 1.75 bits per heavy atom. The van der Waals surface area contributed by atoms with Gasteiger partial charge in [0.1, 0.15) is 5.75 Å². The van der Waals surface area contributed by atoms with Gasteiger partial charge in [-0.1, -0.05) is 39.8 Å². The number of phenols is 1. The Hall–Kier alpha value is -1.16. The fourth-order valence-electron chi connectivity index (χ4n) is 3.56. The lowest BCUT2D eigenvalue weighted by Crippen LogP contribution is -2.50. The molecule has 4 heteroatoms. The quantitative estimate of drug-likeness (QED) is 0.896. The molecule has 0 bridgehead atoms. The number of hydrogen-bond acceptors (Lipinski definition) is 3. The van der Waals surface area contributed by atoms with E-state index in [0.29, 0.717) is 17.7 Å². The molecule has 20 heavy (non-hydrogen) atoms. The van der Waals surface area contributed by atoms with Crippen LogP contribution < -0.4 is 5.32 Å². The standard InChI is InChI=1S/C16H23NO2S/c1-10(2)16(11(3)4,14-15(19)17-9-20-14)12-5-7-13(18)8-6-12/h5-8,10-11,14,18H,9H2,1-4H3,(H,17,19). The Bertz CT molecular complexity index is 474. The smallest absolute Gasteiger partial charge is 0.234 e. The highest BCUT2D eigenvalue weighted by molar-refractivity contribution is 8.01. The van der Waals surface area contributed by atoms with Gasteiger partial charge in [0.05, 0.1) is 11.1 Å². The van der Waals surface area contributed by atoms with Crippen LogP contribution in [0.15, 0.2) is 24.3 Å². The van der Waals surface area contributed by atoms with Gasteiger partial charge in [-0.3, -0.25) is 4.79 Å². The maximum atomic E-state index is 12.3. The molecule has 1 aliphatic heterocycles. The summed E-state index contributed by atoms with van der Waals surface area (Å²) in [5.74, 6) is 1.73. The first-order chi connectivity index (χ1) is 9.40. The van der Waals surface area contributed by atoms with E-state index in [1.54, 1.807) is 23.9 Å². The van der Waals surface area contributed by atoms with Gasteiger partial charge >= 0.3 is 0 Å². The van der Waals surface area contributed by atoms with Crippen molar-refractivity contribution in [3.8, 4) is 5.75 Å². The summed E-state index contributed by atoms with van der Waals surface area (Å²) in [6, 6.07) is 7.35. The molecule has 0 aromatic heterocycles. The zero-order valence-corrected chi connectivity index (χ0v) is 13.3. The van der Waals surface area contributed by atoms with E-state index in [-0.39, 0.29) is 22.3 Å². The highest BCUT2D eigenvalue weighted by Crippen LogP contribution is 2.48. The monoisotopic (exact) mass is 293 g/mol. The van der Waals surface area contributed by atoms with Crippen molar-refractivity contribution < 1.29 is 9.90 Å². The summed E-state index contributed by atoms with van der Waals surface area (Å²) in [5.41, 5.74) is 0.911. The molecule has 0 radical (unpaired) electrons. The van der Waals surface area contributed by atoms with Gasteiger partial charge in [0, 0.05) is 5.41 Å². The molecule has 110 valence electrons. The summed E-state index contributed by atoms with van der Waals surface area (Å²) in [5, 5.41) is 12.4. The van der Waals surface area contributed by atoms with Gasteiger partial charge in [0.2, 0.25) is 5.91 Å². The topological polar surface area (TPSA) is 49.3 Å². The Morgan fingerprint density at radius 3 is 2.15 bits per heavy atom. The molecule has 0 saturated carbocycles. The fourth-order valence-corrected chi connectivity index (χ4v) is 5.14. The molecular formula is C16H23NO2S. The Balaban J connectivity index is 2.58. The summed E-state index contributed by atoms with van der Waals surface area (Å²) in [7, 11) is 0. The third-order valence-electron chi connectivity index (χ3n) is 4.45. The second-order valence-electron chi connectivity index (χ2n) is 6.02. The number of amides is 1. The number of aromatic hydroxyl groups is 1. The molecule has 1 aromatic carbocycles. The first kappa shape index (κ1) is 15.2. The van der Waals surface area contributed by atoms with Crippen LogP contribution in [-0.4, -0.2) is 22.1 Å². The minimum absolute atomic E-state index is 0.0768. The predicted octanol–water partition coefficient (Wildman–Crippen LogP) is 3.13. The first-order valence-corrected chi connectivity index (χ1v) is 8.14. The first-order valence-electron chi connectivity index (χ1n) is 7.09. The van der Waals surface area contributed by atoms with Crippen molar-refractivity contribution in [2.75, 3.05) is 5.88 Å². The second kappa shape index (κ2) is 5.68. The van der Waals surface area contributed by atoms with Crippen LogP contribution in [0.25, 0.3) is 0 Å². The lowest BCUT2D eigenvalue weighted by atomic mass is 9.62. The summed E-state index contributed by atoms with van der Waals surface area (Å²) in [4.78, 5) is 12.3. The Labute approximate surface area is 125 Å². The minimum Gasteiger partial charge on any atom is -0.508 e. The number of phenolic OH excluding ortho intramolecular Hbond substituents is 1. The van der Waals surface area contributed by atoms with E-state index in [1.807, 2.05) is 12.1 Å². The normalized spacial score (nSPS) is 19.7. The zero-order chi connectivity index (χ0) is 14.9. The van der Waals surface area contributed by atoms with Crippen LogP contribution in [0.1, 0.15) is 33.3 Å². The number of carbonyl (C=O) groups is 1. The van der Waals surface area contributed by atoms with Crippen molar-refractivity contribution in [3.05, 3.63) is 29.8 Å². The van der Waals surface area contributed by atoms with Crippen LogP contribution in [0.5, 0.6) is 5.75 Å². The van der Waals surface area contributed by atoms with Crippen LogP contribution in [0.3, 0.4) is 0 Å². The van der Waals surface area contributed by atoms with E-state index in [9.17, 15) is 9.90 Å². The van der Waals surface area contributed by atoms with Crippen LogP contribution in [0.2, 0.25) is 0 Å². The van der Waals surface area contributed by atoms with E-state index in [0.717, 1.165) is 5.56 Å². The number of nitrogens with one attached hydrogen (secondary N) is 1. The average molecular weight is 293 g/mol. The number of carbonyl (C=O) groups excluding carboxylic acids is 1. The summed E-state index contributed by atoms with van der Waals surface area (Å²) in [6.45, 7) is 8.72. The van der Waals surface area contributed by atoms with Crippen LogP contribution in [0.4, 0.5) is 0 Å². The minimum atomic E-state index is -0.223. The maximum Gasteiger partial charge on any atom is 0.234 e. The third kappa shape index (κ3) is 2.30. The van der Waals surface area contributed by atoms with E-state index in [1.165, 1.54) is 0 Å². The van der Waals surface area contributed by atoms with Crippen molar-refractivity contribution in [1.29, 1.82) is 0 Å². The molecule has 0 aliphatic carbocycles. The molecule has 1 atom stereocenters. The van der Waals surface area contributed by atoms with Crippen molar-refractivity contribution in [2.24, 2.45) is 11.8 Å². The van der Waals surface area contributed by atoms with Gasteiger partial charge in [-0.15, -0.1) is 11.8 Å². The van der Waals surface area contributed by atoms with E-state index >= 15 is 0 Å². The van der Waals surface area contributed by atoms with Gasteiger partial charge in [0.15, 0.2) is 0 Å². The van der Waals surface area contributed by atoms with Crippen molar-refractivity contribution in [3.63, 3.8) is 0 Å². The van der Waals surface area contributed by atoms with Gasteiger partial charge in [-0.25, -0.2) is 0 Å². The molecular weight excluding hydrogens is 270 g/mol. The molecule has 1 aliphatic rings. The largest absolute Gasteiger partial charge is 0.508 e. The summed E-state index contributed by atoms with van der Waals surface area (Å²) >= 11 is 1.69. The van der Waals surface area contributed by atoms with Gasteiger partial charge < -0.3 is 10.4 Å². The molecule has 1 unspecified atom stereocenters. The van der Waals surface area contributed by atoms with Crippen molar-refractivity contribution >= 4 is 17.7 Å². The molecule has 2 rings (SSSR count). The van der Waals surface area contributed by atoms with E-state index in [4.69, 9.17) is 0 Å². The lowest BCUT2D eigenvalue weighted by Gasteiger charge is -2.45. The second-order valence-corrected chi connectivity index (χ2v) is 7.11. The Kier molecular flexibility index (Phi) is 4.33. The van der Waals surface area contributed by atoms with Gasteiger partial charge in [0.25, 0.3) is 0 Å². The van der Waals surface area contributed by atoms with Crippen LogP contribution in [0, 0.1) is 11.8 Å². The van der Waals surface area contributed by atoms with Crippen LogP contribution >= 0.6 is 11.8 Å². The fraction of sp³-hybridized carbons (Fsp3) is 0.562.